The highest BCUT2D eigenvalue weighted by Crippen LogP contribution is 2.43. The van der Waals surface area contributed by atoms with Gasteiger partial charge in [-0.2, -0.15) is 6.32 Å². The first-order chi connectivity index (χ1) is 12.6. The van der Waals surface area contributed by atoms with Crippen molar-refractivity contribution in [3.05, 3.63) is 107 Å². The van der Waals surface area contributed by atoms with Gasteiger partial charge in [0.25, 0.3) is 0 Å². The molecule has 0 aromatic heterocycles. The van der Waals surface area contributed by atoms with E-state index in [1.54, 1.807) is 36.4 Å². The van der Waals surface area contributed by atoms with Gasteiger partial charge in [-0.25, -0.2) is 13.2 Å². The fourth-order valence-corrected chi connectivity index (χ4v) is 3.40. The molecular formula is C22H21BF3-. The van der Waals surface area contributed by atoms with Crippen LogP contribution in [0.3, 0.4) is 0 Å². The summed E-state index contributed by atoms with van der Waals surface area (Å²) in [4.78, 5) is 0. The van der Waals surface area contributed by atoms with Crippen LogP contribution in [0.4, 0.5) is 13.2 Å². The summed E-state index contributed by atoms with van der Waals surface area (Å²) in [7, 11) is 0.272. The second-order valence-corrected chi connectivity index (χ2v) is 6.03. The number of hydrogen-bond donors (Lipinski definition) is 0. The van der Waals surface area contributed by atoms with Crippen LogP contribution in [-0.4, -0.2) is 7.85 Å². The summed E-state index contributed by atoms with van der Waals surface area (Å²) in [5, 5.41) is 0. The Morgan fingerprint density at radius 3 is 1.15 bits per heavy atom. The van der Waals surface area contributed by atoms with E-state index in [-0.39, 0.29) is 25.3 Å². The van der Waals surface area contributed by atoms with Crippen molar-refractivity contribution in [1.82, 2.24) is 0 Å². The molecule has 0 aliphatic rings. The molecule has 0 fully saturated rings. The lowest BCUT2D eigenvalue weighted by atomic mass is 9.66. The Bertz CT molecular complexity index is 729. The zero-order valence-electron chi connectivity index (χ0n) is 13.7. The van der Waals surface area contributed by atoms with Crippen molar-refractivity contribution in [2.24, 2.45) is 0 Å². The largest absolute Gasteiger partial charge is 0.207 e. The van der Waals surface area contributed by atoms with Crippen LogP contribution in [-0.2, 0) is 5.41 Å². The van der Waals surface area contributed by atoms with Crippen LogP contribution in [0.5, 0.6) is 0 Å². The molecule has 3 rings (SSSR count). The maximum absolute atomic E-state index is 13.5. The number of benzene rings is 3. The number of halogens is 3. The fraction of sp³-hybridized carbons (Fsp3) is 0.182. The van der Waals surface area contributed by atoms with Crippen LogP contribution >= 0.6 is 0 Å². The van der Waals surface area contributed by atoms with Gasteiger partial charge in [0.1, 0.15) is 17.5 Å². The third-order valence-corrected chi connectivity index (χ3v) is 4.56. The minimum atomic E-state index is -0.552. The zero-order chi connectivity index (χ0) is 18.6. The van der Waals surface area contributed by atoms with Crippen molar-refractivity contribution in [1.29, 1.82) is 0 Å². The van der Waals surface area contributed by atoms with E-state index in [4.69, 9.17) is 0 Å². The summed E-state index contributed by atoms with van der Waals surface area (Å²) in [6, 6.07) is 19.4. The van der Waals surface area contributed by atoms with Crippen LogP contribution in [0.25, 0.3) is 0 Å². The van der Waals surface area contributed by atoms with E-state index in [1.165, 1.54) is 42.7 Å². The second kappa shape index (κ2) is 7.82. The van der Waals surface area contributed by atoms with Gasteiger partial charge in [-0.3, -0.25) is 0 Å². The van der Waals surface area contributed by atoms with Gasteiger partial charge in [0.05, 0.1) is 0 Å². The van der Waals surface area contributed by atoms with Crippen molar-refractivity contribution in [3.8, 4) is 0 Å². The molecule has 0 N–H and O–H groups in total. The highest BCUT2D eigenvalue weighted by atomic mass is 19.1. The Labute approximate surface area is 153 Å². The average molecular weight is 353 g/mol. The minimum Gasteiger partial charge on any atom is -0.207 e. The summed E-state index contributed by atoms with van der Waals surface area (Å²) in [6.45, 7) is 0. The molecule has 134 valence electrons. The Kier molecular flexibility index (Phi) is 5.50. The summed E-state index contributed by atoms with van der Waals surface area (Å²) >= 11 is 0. The molecule has 0 aliphatic heterocycles. The molecule has 26 heavy (non-hydrogen) atoms. The van der Waals surface area contributed by atoms with Gasteiger partial charge in [0, 0.05) is 5.41 Å². The van der Waals surface area contributed by atoms with E-state index in [9.17, 15) is 13.2 Å². The van der Waals surface area contributed by atoms with E-state index in [2.05, 4.69) is 0 Å². The third-order valence-electron chi connectivity index (χ3n) is 4.56. The van der Waals surface area contributed by atoms with E-state index in [0.717, 1.165) is 29.5 Å². The average Bonchev–Trinajstić information content (AvgIpc) is 2.66. The fourth-order valence-electron chi connectivity index (χ4n) is 3.40. The van der Waals surface area contributed by atoms with Gasteiger partial charge in [-0.15, -0.1) is 0 Å². The molecular weight excluding hydrogens is 332 g/mol. The first kappa shape index (κ1) is 18.3. The quantitative estimate of drug-likeness (QED) is 0.432. The SMILES string of the molecule is [BH3-]CCCC(c1ccc(F)cc1)(c1ccc(F)cc1)c1ccc(F)cc1. The lowest BCUT2D eigenvalue weighted by Crippen LogP contribution is -2.29. The Hall–Kier alpha value is -2.49. The Morgan fingerprint density at radius 2 is 0.885 bits per heavy atom. The van der Waals surface area contributed by atoms with Crippen molar-refractivity contribution in [2.75, 3.05) is 0 Å². The van der Waals surface area contributed by atoms with E-state index < -0.39 is 5.41 Å². The predicted molar refractivity (Wildman–Crippen MR) is 103 cm³/mol. The Balaban J connectivity index is 2.27. The lowest BCUT2D eigenvalue weighted by Gasteiger charge is -2.36. The maximum Gasteiger partial charge on any atom is 0.123 e. The molecule has 0 saturated heterocycles. The molecule has 0 bridgehead atoms. The van der Waals surface area contributed by atoms with Gasteiger partial charge in [0.2, 0.25) is 0 Å². The van der Waals surface area contributed by atoms with Gasteiger partial charge < -0.3 is 0 Å². The van der Waals surface area contributed by atoms with Gasteiger partial charge in [-0.05, 0) is 67.4 Å². The molecule has 0 aliphatic carbocycles. The summed E-state index contributed by atoms with van der Waals surface area (Å²) in [6.07, 6.45) is 3.08. The lowest BCUT2D eigenvalue weighted by molar-refractivity contribution is 0.542. The highest BCUT2D eigenvalue weighted by Gasteiger charge is 2.35. The monoisotopic (exact) mass is 353 g/mol. The number of hydrogen-bond acceptors (Lipinski definition) is 0. The molecule has 0 heterocycles. The second-order valence-electron chi connectivity index (χ2n) is 6.03. The summed E-state index contributed by atoms with van der Waals surface area (Å²) in [5.74, 6) is -0.890. The maximum atomic E-state index is 13.5. The van der Waals surface area contributed by atoms with Gasteiger partial charge >= 0.3 is 0 Å². The Morgan fingerprint density at radius 1 is 0.577 bits per heavy atom. The zero-order valence-corrected chi connectivity index (χ0v) is 13.7. The molecule has 0 radical (unpaired) electrons. The molecule has 0 nitrogen and oxygen atoms in total. The summed E-state index contributed by atoms with van der Waals surface area (Å²) < 4.78 is 40.6. The molecule has 0 atom stereocenters. The van der Waals surface area contributed by atoms with E-state index >= 15 is 0 Å². The topological polar surface area (TPSA) is 0 Å². The smallest absolute Gasteiger partial charge is 0.123 e. The molecule has 4 heteroatoms. The molecule has 0 amide bonds. The third kappa shape index (κ3) is 3.55. The molecule has 0 unspecified atom stereocenters. The standard InChI is InChI=1S/C22H21BF3/c23-15-1-14-22(16-2-8-19(24)9-3-16,17-4-10-20(25)11-5-17)18-6-12-21(26)13-7-18/h2-13H,1,14-15H2,23H3/q-1. The molecule has 0 saturated carbocycles. The molecule has 3 aromatic rings. The van der Waals surface area contributed by atoms with Crippen LogP contribution in [0, 0.1) is 17.5 Å². The summed E-state index contributed by atoms with van der Waals surface area (Å²) in [5.41, 5.74) is 2.25. The molecule has 0 spiro atoms. The van der Waals surface area contributed by atoms with Crippen LogP contribution in [0.1, 0.15) is 29.5 Å². The van der Waals surface area contributed by atoms with Crippen molar-refractivity contribution in [2.45, 2.75) is 24.6 Å². The van der Waals surface area contributed by atoms with E-state index in [1.807, 2.05) is 0 Å². The van der Waals surface area contributed by atoms with Gasteiger partial charge in [-0.1, -0.05) is 42.8 Å². The van der Waals surface area contributed by atoms with Crippen LogP contribution in [0.2, 0.25) is 6.32 Å². The first-order valence-corrected chi connectivity index (χ1v) is 8.13. The van der Waals surface area contributed by atoms with Gasteiger partial charge in [0.15, 0.2) is 0 Å². The number of rotatable bonds is 6. The minimum absolute atomic E-state index is 0.272. The predicted octanol–water partition coefficient (Wildman–Crippen LogP) is 5.00. The van der Waals surface area contributed by atoms with E-state index in [0.29, 0.717) is 0 Å². The van der Waals surface area contributed by atoms with Crippen LogP contribution < -0.4 is 0 Å². The van der Waals surface area contributed by atoms with Crippen molar-refractivity contribution in [3.63, 3.8) is 0 Å². The molecule has 3 aromatic carbocycles. The highest BCUT2D eigenvalue weighted by molar-refractivity contribution is 6.08. The van der Waals surface area contributed by atoms with Crippen molar-refractivity contribution >= 4 is 7.85 Å². The van der Waals surface area contributed by atoms with Crippen LogP contribution in [0.15, 0.2) is 72.8 Å². The normalized spacial score (nSPS) is 11.5. The first-order valence-electron chi connectivity index (χ1n) is 8.13. The van der Waals surface area contributed by atoms with Crippen molar-refractivity contribution < 1.29 is 13.2 Å².